The van der Waals surface area contributed by atoms with Crippen molar-refractivity contribution in [1.82, 2.24) is 0 Å². The summed E-state index contributed by atoms with van der Waals surface area (Å²) in [6, 6.07) is 5.61. The molecule has 0 bridgehead atoms. The average molecular weight is 442 g/mol. The van der Waals surface area contributed by atoms with Gasteiger partial charge in [0.15, 0.2) is 5.97 Å². The van der Waals surface area contributed by atoms with E-state index in [4.69, 9.17) is 9.47 Å². The van der Waals surface area contributed by atoms with Crippen molar-refractivity contribution in [2.45, 2.75) is 40.2 Å². The number of hydrogen-bond acceptors (Lipinski definition) is 5. The van der Waals surface area contributed by atoms with E-state index in [1.807, 2.05) is 39.0 Å². The minimum absolute atomic E-state index is 0. The first-order valence-electron chi connectivity index (χ1n) is 8.14. The predicted molar refractivity (Wildman–Crippen MR) is 107 cm³/mol. The van der Waals surface area contributed by atoms with E-state index in [-0.39, 0.29) is 42.5 Å². The van der Waals surface area contributed by atoms with Crippen LogP contribution < -0.4 is 14.8 Å². The van der Waals surface area contributed by atoms with E-state index < -0.39 is 0 Å². The maximum absolute atomic E-state index is 11.8. The smallest absolute Gasteiger partial charge is 0.648 e. The Bertz CT molecular complexity index is 566. The van der Waals surface area contributed by atoms with Crippen molar-refractivity contribution in [2.75, 3.05) is 27.5 Å². The SMILES string of the molecule is COC(=O)[C-](C)C.COc1cccc(OC)c1PCC(=O)[N-]C(C)(C)C.[Ni+2]. The molecule has 0 fully saturated rings. The number of rotatable bonds is 6. The first-order chi connectivity index (χ1) is 12.1. The molecule has 6 nitrogen and oxygen atoms in total. The van der Waals surface area contributed by atoms with E-state index in [1.54, 1.807) is 28.1 Å². The third kappa shape index (κ3) is 11.8. The fourth-order valence-electron chi connectivity index (χ4n) is 1.81. The molecule has 0 aromatic heterocycles. The van der Waals surface area contributed by atoms with Crippen LogP contribution in [-0.4, -0.2) is 44.9 Å². The molecule has 1 rings (SSSR count). The summed E-state index contributed by atoms with van der Waals surface area (Å²) in [6.07, 6.45) is 0.383. The summed E-state index contributed by atoms with van der Waals surface area (Å²) < 4.78 is 14.9. The third-order valence-electron chi connectivity index (χ3n) is 2.90. The van der Waals surface area contributed by atoms with E-state index in [9.17, 15) is 9.59 Å². The van der Waals surface area contributed by atoms with Crippen LogP contribution in [0.15, 0.2) is 18.2 Å². The third-order valence-corrected chi connectivity index (χ3v) is 4.22. The summed E-state index contributed by atoms with van der Waals surface area (Å²) >= 11 is 0. The normalized spacial score (nSPS) is 10.2. The number of nitrogens with zero attached hydrogens (tertiary/aromatic N) is 1. The number of esters is 1. The molecule has 0 spiro atoms. The van der Waals surface area contributed by atoms with Crippen LogP contribution in [0.1, 0.15) is 34.6 Å². The van der Waals surface area contributed by atoms with Gasteiger partial charge in [0.2, 0.25) is 0 Å². The molecule has 0 radical (unpaired) electrons. The zero-order valence-electron chi connectivity index (χ0n) is 17.2. The standard InChI is InChI=1S/C14H22NO3P.C5H9O2.Ni/c1-14(2,3)15-12(16)9-19-13-10(17-4)7-6-8-11(13)18-5;1-4(2)5(6)7-3;/h6-8,19H,9H2,1-5H3,(H,15,16);1-3H3;/q;-1;+2/p-1. The summed E-state index contributed by atoms with van der Waals surface area (Å²) in [5.41, 5.74) is -0.327. The molecular formula is C19H30NNiO5P. The van der Waals surface area contributed by atoms with E-state index in [0.717, 1.165) is 16.8 Å². The molecule has 1 atom stereocenters. The average Bonchev–Trinajstić information content (AvgIpc) is 2.57. The van der Waals surface area contributed by atoms with E-state index in [0.29, 0.717) is 12.1 Å². The van der Waals surface area contributed by atoms with Crippen molar-refractivity contribution in [3.8, 4) is 11.5 Å². The fourth-order valence-corrected chi connectivity index (χ4v) is 2.93. The molecule has 0 N–H and O–H groups in total. The second-order valence-corrected chi connectivity index (χ2v) is 7.77. The summed E-state index contributed by atoms with van der Waals surface area (Å²) in [5, 5.41) is 5.06. The van der Waals surface area contributed by atoms with Gasteiger partial charge < -0.3 is 24.3 Å². The minimum Gasteiger partial charge on any atom is -0.648 e. The Morgan fingerprint density at radius 1 is 1.07 bits per heavy atom. The van der Waals surface area contributed by atoms with Crippen molar-refractivity contribution in [3.05, 3.63) is 29.4 Å². The van der Waals surface area contributed by atoms with Crippen LogP contribution in [0.2, 0.25) is 0 Å². The number of ether oxygens (including phenoxy) is 3. The van der Waals surface area contributed by atoms with E-state index in [1.165, 1.54) is 7.11 Å². The molecule has 0 aliphatic heterocycles. The zero-order valence-corrected chi connectivity index (χ0v) is 19.2. The van der Waals surface area contributed by atoms with Gasteiger partial charge in [0, 0.05) is 6.16 Å². The quantitative estimate of drug-likeness (QED) is 0.292. The second-order valence-electron chi connectivity index (χ2n) is 6.56. The summed E-state index contributed by atoms with van der Waals surface area (Å²) in [4.78, 5) is 22.0. The van der Waals surface area contributed by atoms with Crippen LogP contribution >= 0.6 is 8.58 Å². The Balaban J connectivity index is 0. The molecule has 0 aliphatic rings. The molecular weight excluding hydrogens is 412 g/mol. The molecule has 1 aromatic rings. The van der Waals surface area contributed by atoms with Crippen LogP contribution in [0.4, 0.5) is 0 Å². The minimum atomic E-state index is -0.327. The molecule has 8 heteroatoms. The Labute approximate surface area is 174 Å². The predicted octanol–water partition coefficient (Wildman–Crippen LogP) is 3.48. The summed E-state index contributed by atoms with van der Waals surface area (Å²) in [7, 11) is 4.89. The van der Waals surface area contributed by atoms with Gasteiger partial charge in [-0.15, -0.1) is 5.54 Å². The Morgan fingerprint density at radius 2 is 1.56 bits per heavy atom. The molecule has 27 heavy (non-hydrogen) atoms. The number of benzene rings is 1. The van der Waals surface area contributed by atoms with Gasteiger partial charge in [-0.05, 0) is 12.1 Å². The zero-order chi connectivity index (χ0) is 20.3. The first-order valence-corrected chi connectivity index (χ1v) is 9.35. The van der Waals surface area contributed by atoms with Gasteiger partial charge in [-0.25, -0.2) is 0 Å². The molecule has 0 saturated heterocycles. The number of amides is 1. The largest absolute Gasteiger partial charge is 2.00 e. The van der Waals surface area contributed by atoms with Gasteiger partial charge in [-0.2, -0.15) is 13.8 Å². The second kappa shape index (κ2) is 13.7. The maximum Gasteiger partial charge on any atom is 2.00 e. The monoisotopic (exact) mass is 441 g/mol. The number of carbonyl (C=O) groups is 2. The van der Waals surface area contributed by atoms with Gasteiger partial charge in [0.1, 0.15) is 11.5 Å². The number of hydrogen-bond donors (Lipinski definition) is 0. The van der Waals surface area contributed by atoms with Gasteiger partial charge in [-0.3, -0.25) is 10.7 Å². The molecule has 1 amide bonds. The topological polar surface area (TPSA) is 75.9 Å². The van der Waals surface area contributed by atoms with Crippen molar-refractivity contribution in [2.24, 2.45) is 0 Å². The van der Waals surface area contributed by atoms with Crippen LogP contribution in [0.5, 0.6) is 11.5 Å². The fraction of sp³-hybridized carbons (Fsp3) is 0.526. The van der Waals surface area contributed by atoms with Crippen molar-refractivity contribution < 1.29 is 40.3 Å². The van der Waals surface area contributed by atoms with Crippen LogP contribution in [0, 0.1) is 5.92 Å². The van der Waals surface area contributed by atoms with Crippen LogP contribution in [0.25, 0.3) is 5.32 Å². The van der Waals surface area contributed by atoms with Gasteiger partial charge in [0.25, 0.3) is 0 Å². The van der Waals surface area contributed by atoms with Crippen molar-refractivity contribution in [1.29, 1.82) is 0 Å². The first kappa shape index (κ1) is 27.8. The van der Waals surface area contributed by atoms with Gasteiger partial charge in [-0.1, -0.05) is 35.4 Å². The van der Waals surface area contributed by atoms with Gasteiger partial charge in [0.05, 0.1) is 32.5 Å². The molecule has 0 aliphatic carbocycles. The van der Waals surface area contributed by atoms with Gasteiger partial charge >= 0.3 is 16.5 Å². The molecule has 156 valence electrons. The molecule has 1 aromatic carbocycles. The molecule has 1 unspecified atom stereocenters. The molecule has 0 saturated carbocycles. The van der Waals surface area contributed by atoms with Crippen molar-refractivity contribution in [3.63, 3.8) is 0 Å². The maximum atomic E-state index is 11.8. The number of methoxy groups -OCH3 is 3. The number of carbonyl (C=O) groups excluding carboxylic acids is 2. The Morgan fingerprint density at radius 3 is 1.85 bits per heavy atom. The molecule has 0 heterocycles. The summed E-state index contributed by atoms with van der Waals surface area (Å²) in [5.74, 6) is 1.86. The van der Waals surface area contributed by atoms with Crippen LogP contribution in [0.3, 0.4) is 0 Å². The van der Waals surface area contributed by atoms with Crippen LogP contribution in [-0.2, 0) is 30.8 Å². The van der Waals surface area contributed by atoms with Crippen molar-refractivity contribution >= 4 is 25.8 Å². The summed E-state index contributed by atoms with van der Waals surface area (Å²) in [6.45, 7) is 9.17. The Kier molecular flexibility index (Phi) is 14.1. The van der Waals surface area contributed by atoms with E-state index in [2.05, 4.69) is 10.1 Å². The van der Waals surface area contributed by atoms with E-state index >= 15 is 0 Å². The Hall–Kier alpha value is -1.45.